The zero-order valence-electron chi connectivity index (χ0n) is 12.5. The predicted molar refractivity (Wildman–Crippen MR) is 83.5 cm³/mol. The summed E-state index contributed by atoms with van der Waals surface area (Å²) in [5.74, 6) is 2.05. The highest BCUT2D eigenvalue weighted by atomic mass is 35.5. The van der Waals surface area contributed by atoms with E-state index in [1.54, 1.807) is 32.4 Å². The van der Waals surface area contributed by atoms with E-state index < -0.39 is 0 Å². The Balaban J connectivity index is 2.09. The van der Waals surface area contributed by atoms with Gasteiger partial charge >= 0.3 is 0 Å². The molecule has 1 aliphatic carbocycles. The Labute approximate surface area is 130 Å². The first kappa shape index (κ1) is 16.0. The molecule has 116 valence electrons. The zero-order valence-corrected chi connectivity index (χ0v) is 13.3. The highest BCUT2D eigenvalue weighted by Crippen LogP contribution is 2.29. The number of nitrogens with one attached hydrogen (secondary N) is 1. The molecule has 1 aliphatic rings. The monoisotopic (exact) mass is 311 g/mol. The van der Waals surface area contributed by atoms with Gasteiger partial charge in [0.15, 0.2) is 11.5 Å². The summed E-state index contributed by atoms with van der Waals surface area (Å²) < 4.78 is 10.4. The highest BCUT2D eigenvalue weighted by molar-refractivity contribution is 6.18. The predicted octanol–water partition coefficient (Wildman–Crippen LogP) is 3.23. The van der Waals surface area contributed by atoms with Crippen LogP contribution < -0.4 is 14.8 Å². The fourth-order valence-electron chi connectivity index (χ4n) is 2.81. The van der Waals surface area contributed by atoms with Gasteiger partial charge in [-0.25, -0.2) is 0 Å². The molecule has 0 spiro atoms. The molecule has 0 heterocycles. The summed E-state index contributed by atoms with van der Waals surface area (Å²) in [5, 5.41) is 3.11. The van der Waals surface area contributed by atoms with E-state index in [-0.39, 0.29) is 11.9 Å². The molecular formula is C16H22ClNO3. The van der Waals surface area contributed by atoms with Crippen molar-refractivity contribution < 1.29 is 14.3 Å². The van der Waals surface area contributed by atoms with E-state index in [1.807, 2.05) is 0 Å². The number of carbonyl (C=O) groups excluding carboxylic acids is 1. The third-order valence-electron chi connectivity index (χ3n) is 4.07. The van der Waals surface area contributed by atoms with Crippen LogP contribution in [0.3, 0.4) is 0 Å². The van der Waals surface area contributed by atoms with Crippen molar-refractivity contribution in [2.75, 3.05) is 20.1 Å². The third-order valence-corrected chi connectivity index (χ3v) is 4.47. The van der Waals surface area contributed by atoms with Crippen LogP contribution in [0.15, 0.2) is 18.2 Å². The first-order valence-electron chi connectivity index (χ1n) is 7.28. The summed E-state index contributed by atoms with van der Waals surface area (Å²) >= 11 is 6.00. The van der Waals surface area contributed by atoms with Crippen LogP contribution in [0.25, 0.3) is 0 Å². The number of methoxy groups -OCH3 is 2. The third kappa shape index (κ3) is 3.82. The number of halogens is 1. The van der Waals surface area contributed by atoms with Crippen LogP contribution in [0, 0.1) is 5.92 Å². The fourth-order valence-corrected chi connectivity index (χ4v) is 3.18. The van der Waals surface area contributed by atoms with E-state index in [1.165, 1.54) is 6.42 Å². The summed E-state index contributed by atoms with van der Waals surface area (Å²) in [6.45, 7) is 0. The van der Waals surface area contributed by atoms with Gasteiger partial charge in [0.2, 0.25) is 0 Å². The zero-order chi connectivity index (χ0) is 15.2. The normalized spacial score (nSPS) is 21.7. The van der Waals surface area contributed by atoms with Gasteiger partial charge < -0.3 is 14.8 Å². The van der Waals surface area contributed by atoms with E-state index in [0.29, 0.717) is 28.9 Å². The van der Waals surface area contributed by atoms with Crippen LogP contribution in [-0.4, -0.2) is 32.0 Å². The van der Waals surface area contributed by atoms with Crippen molar-refractivity contribution in [1.29, 1.82) is 0 Å². The molecule has 2 unspecified atom stereocenters. The molecule has 0 bridgehead atoms. The lowest BCUT2D eigenvalue weighted by atomic mass is 9.85. The molecule has 0 aromatic heterocycles. The molecule has 0 aliphatic heterocycles. The number of alkyl halides is 1. The van der Waals surface area contributed by atoms with E-state index in [2.05, 4.69) is 5.32 Å². The molecule has 2 rings (SSSR count). The average molecular weight is 312 g/mol. The summed E-state index contributed by atoms with van der Waals surface area (Å²) in [6, 6.07) is 5.35. The second-order valence-corrected chi connectivity index (χ2v) is 5.66. The molecule has 1 aromatic rings. The molecule has 4 nitrogen and oxygen atoms in total. The molecule has 0 radical (unpaired) electrons. The Morgan fingerprint density at radius 3 is 2.62 bits per heavy atom. The summed E-state index contributed by atoms with van der Waals surface area (Å²) in [5.41, 5.74) is 0.576. The van der Waals surface area contributed by atoms with Crippen LogP contribution in [0.1, 0.15) is 36.0 Å². The Hall–Kier alpha value is -1.42. The van der Waals surface area contributed by atoms with Gasteiger partial charge in [0, 0.05) is 17.5 Å². The van der Waals surface area contributed by atoms with Crippen molar-refractivity contribution in [3.63, 3.8) is 0 Å². The standard InChI is InChI=1S/C16H22ClNO3/c1-20-14-8-7-11(9-15(14)21-2)16(19)18-13-6-4-3-5-12(13)10-17/h7-9,12-13H,3-6,10H2,1-2H3,(H,18,19). The van der Waals surface area contributed by atoms with Crippen LogP contribution in [0.5, 0.6) is 11.5 Å². The molecule has 2 atom stereocenters. The Kier molecular flexibility index (Phi) is 5.74. The SMILES string of the molecule is COc1ccc(C(=O)NC2CCCCC2CCl)cc1OC. The lowest BCUT2D eigenvalue weighted by Crippen LogP contribution is -2.42. The van der Waals surface area contributed by atoms with Crippen molar-refractivity contribution in [1.82, 2.24) is 5.32 Å². The van der Waals surface area contributed by atoms with Crippen molar-refractivity contribution in [3.05, 3.63) is 23.8 Å². The molecule has 21 heavy (non-hydrogen) atoms. The van der Waals surface area contributed by atoms with Crippen LogP contribution in [-0.2, 0) is 0 Å². The first-order chi connectivity index (χ1) is 10.2. The van der Waals surface area contributed by atoms with Gasteiger partial charge in [0.1, 0.15) is 0 Å². The molecule has 1 fully saturated rings. The van der Waals surface area contributed by atoms with Gasteiger partial charge in [0.05, 0.1) is 14.2 Å². The fraction of sp³-hybridized carbons (Fsp3) is 0.562. The number of hydrogen-bond donors (Lipinski definition) is 1. The van der Waals surface area contributed by atoms with Gasteiger partial charge in [-0.2, -0.15) is 0 Å². The van der Waals surface area contributed by atoms with E-state index in [0.717, 1.165) is 19.3 Å². The second-order valence-electron chi connectivity index (χ2n) is 5.35. The molecule has 1 saturated carbocycles. The minimum absolute atomic E-state index is 0.0852. The van der Waals surface area contributed by atoms with Gasteiger partial charge in [-0.05, 0) is 37.0 Å². The Bertz CT molecular complexity index is 492. The highest BCUT2D eigenvalue weighted by Gasteiger charge is 2.26. The van der Waals surface area contributed by atoms with Gasteiger partial charge in [-0.15, -0.1) is 11.6 Å². The molecule has 5 heteroatoms. The molecule has 0 saturated heterocycles. The van der Waals surface area contributed by atoms with E-state index >= 15 is 0 Å². The van der Waals surface area contributed by atoms with Crippen molar-refractivity contribution >= 4 is 17.5 Å². The van der Waals surface area contributed by atoms with E-state index in [4.69, 9.17) is 21.1 Å². The lowest BCUT2D eigenvalue weighted by molar-refractivity contribution is 0.0910. The smallest absolute Gasteiger partial charge is 0.251 e. The number of carbonyl (C=O) groups is 1. The summed E-state index contributed by atoms with van der Waals surface area (Å²) in [6.07, 6.45) is 4.42. The molecule has 1 N–H and O–H groups in total. The second kappa shape index (κ2) is 7.55. The van der Waals surface area contributed by atoms with Gasteiger partial charge in [-0.1, -0.05) is 12.8 Å². The minimum Gasteiger partial charge on any atom is -0.493 e. The number of hydrogen-bond acceptors (Lipinski definition) is 3. The number of benzene rings is 1. The van der Waals surface area contributed by atoms with Crippen molar-refractivity contribution in [2.45, 2.75) is 31.7 Å². The minimum atomic E-state index is -0.0852. The van der Waals surface area contributed by atoms with Crippen molar-refractivity contribution in [2.24, 2.45) is 5.92 Å². The topological polar surface area (TPSA) is 47.6 Å². The lowest BCUT2D eigenvalue weighted by Gasteiger charge is -2.30. The number of ether oxygens (including phenoxy) is 2. The Morgan fingerprint density at radius 1 is 1.24 bits per heavy atom. The molecular weight excluding hydrogens is 290 g/mol. The summed E-state index contributed by atoms with van der Waals surface area (Å²) in [4.78, 5) is 12.4. The molecule has 1 aromatic carbocycles. The number of amides is 1. The molecule has 1 amide bonds. The largest absolute Gasteiger partial charge is 0.493 e. The van der Waals surface area contributed by atoms with Crippen LogP contribution in [0.2, 0.25) is 0 Å². The van der Waals surface area contributed by atoms with E-state index in [9.17, 15) is 4.79 Å². The first-order valence-corrected chi connectivity index (χ1v) is 7.82. The Morgan fingerprint density at radius 2 is 1.95 bits per heavy atom. The van der Waals surface area contributed by atoms with Gasteiger partial charge in [-0.3, -0.25) is 4.79 Å². The number of rotatable bonds is 5. The maximum absolute atomic E-state index is 12.4. The quantitative estimate of drug-likeness (QED) is 0.849. The maximum atomic E-state index is 12.4. The summed E-state index contributed by atoms with van der Waals surface area (Å²) in [7, 11) is 3.13. The average Bonchev–Trinajstić information content (AvgIpc) is 2.54. The van der Waals surface area contributed by atoms with Crippen LogP contribution >= 0.6 is 11.6 Å². The maximum Gasteiger partial charge on any atom is 0.251 e. The van der Waals surface area contributed by atoms with Crippen LogP contribution in [0.4, 0.5) is 0 Å². The van der Waals surface area contributed by atoms with Gasteiger partial charge in [0.25, 0.3) is 5.91 Å². The van der Waals surface area contributed by atoms with Crippen molar-refractivity contribution in [3.8, 4) is 11.5 Å².